The van der Waals surface area contributed by atoms with Crippen molar-refractivity contribution in [3.63, 3.8) is 0 Å². The Morgan fingerprint density at radius 1 is 1.05 bits per heavy atom. The number of allylic oxidation sites excluding steroid dienone is 1. The maximum Gasteiger partial charge on any atom is 0.189 e. The van der Waals surface area contributed by atoms with Gasteiger partial charge in [-0.3, -0.25) is 4.79 Å². The average molecular weight is 333 g/mol. The van der Waals surface area contributed by atoms with Gasteiger partial charge in [-0.25, -0.2) is 0 Å². The summed E-state index contributed by atoms with van der Waals surface area (Å²) < 4.78 is 5.70. The molecule has 0 spiro atoms. The molecular weight excluding hydrogens is 319 g/mol. The molecule has 0 unspecified atom stereocenters. The first-order valence-corrected chi connectivity index (χ1v) is 7.79. The number of carbonyl (C=O) groups is 1. The Labute approximate surface area is 139 Å². The Bertz CT molecular complexity index is 730. The zero-order valence-electron chi connectivity index (χ0n) is 11.8. The van der Waals surface area contributed by atoms with Gasteiger partial charge in [0.15, 0.2) is 5.78 Å². The van der Waals surface area contributed by atoms with Crippen LogP contribution in [0.15, 0.2) is 54.1 Å². The summed E-state index contributed by atoms with van der Waals surface area (Å²) in [7, 11) is 0. The van der Waals surface area contributed by atoms with Gasteiger partial charge in [0.05, 0.1) is 6.61 Å². The predicted octanol–water partition coefficient (Wildman–Crippen LogP) is 5.13. The molecule has 0 N–H and O–H groups in total. The number of fused-ring (bicyclic) bond motifs is 1. The fourth-order valence-electron chi connectivity index (χ4n) is 2.51. The first kappa shape index (κ1) is 15.1. The van der Waals surface area contributed by atoms with Crippen LogP contribution in [0.3, 0.4) is 0 Å². The Balaban J connectivity index is 1.94. The lowest BCUT2D eigenvalue weighted by molar-refractivity contribution is 0.103. The quantitative estimate of drug-likeness (QED) is 0.713. The number of hydrogen-bond donors (Lipinski definition) is 0. The Kier molecular flexibility index (Phi) is 4.51. The third kappa shape index (κ3) is 3.34. The molecule has 22 heavy (non-hydrogen) atoms. The summed E-state index contributed by atoms with van der Waals surface area (Å²) >= 11 is 12.0. The molecule has 4 heteroatoms. The number of Topliss-reactive ketones (excluding diaryl/α,β-unsaturated/α-hetero) is 1. The number of rotatable bonds is 2. The summed E-state index contributed by atoms with van der Waals surface area (Å²) in [5.74, 6) is 0.797. The Hall–Kier alpha value is -1.77. The summed E-state index contributed by atoms with van der Waals surface area (Å²) in [6.07, 6.45) is 3.18. The number of benzene rings is 2. The molecule has 3 rings (SSSR count). The molecular formula is C18H14Cl2O2. The second kappa shape index (κ2) is 6.55. The molecule has 2 aromatic rings. The van der Waals surface area contributed by atoms with Crippen molar-refractivity contribution in [3.05, 3.63) is 75.3 Å². The van der Waals surface area contributed by atoms with Crippen molar-refractivity contribution >= 4 is 29.0 Å². The lowest BCUT2D eigenvalue weighted by atomic mass is 9.95. The van der Waals surface area contributed by atoms with Crippen molar-refractivity contribution in [1.82, 2.24) is 0 Å². The zero-order chi connectivity index (χ0) is 15.5. The Morgan fingerprint density at radius 2 is 1.77 bits per heavy atom. The molecule has 2 nitrogen and oxygen atoms in total. The molecule has 0 aromatic heterocycles. The molecule has 1 aliphatic heterocycles. The van der Waals surface area contributed by atoms with Gasteiger partial charge in [-0.15, -0.1) is 0 Å². The van der Waals surface area contributed by atoms with Crippen LogP contribution in [0.25, 0.3) is 0 Å². The minimum absolute atomic E-state index is 0.0406. The van der Waals surface area contributed by atoms with E-state index in [2.05, 4.69) is 0 Å². The minimum atomic E-state index is -0.0406. The van der Waals surface area contributed by atoms with Gasteiger partial charge < -0.3 is 4.74 Å². The summed E-state index contributed by atoms with van der Waals surface area (Å²) in [5.41, 5.74) is 2.27. The molecule has 112 valence electrons. The molecule has 2 aromatic carbocycles. The van der Waals surface area contributed by atoms with Gasteiger partial charge in [0.2, 0.25) is 0 Å². The van der Waals surface area contributed by atoms with E-state index in [4.69, 9.17) is 27.9 Å². The normalized spacial score (nSPS) is 16.5. The fraction of sp³-hybridized carbons (Fsp3) is 0.167. The smallest absolute Gasteiger partial charge is 0.189 e. The molecule has 0 fully saturated rings. The average Bonchev–Trinajstić information content (AvgIpc) is 2.46. The van der Waals surface area contributed by atoms with Crippen molar-refractivity contribution in [2.45, 2.75) is 12.8 Å². The highest BCUT2D eigenvalue weighted by Crippen LogP contribution is 2.27. The van der Waals surface area contributed by atoms with Crippen molar-refractivity contribution in [1.29, 1.82) is 0 Å². The maximum absolute atomic E-state index is 12.8. The Morgan fingerprint density at radius 3 is 2.55 bits per heavy atom. The van der Waals surface area contributed by atoms with E-state index in [1.54, 1.807) is 18.2 Å². The standard InChI is InChI=1S/C18H14Cl2O2/c19-15-9-14(10-16(20)11-15)18(21)13-5-3-7-22-17-6-2-1-4-12(17)8-13/h1-2,4-6,9-11H,3,7-8H2/b13-5-. The number of ether oxygens (including phenoxy) is 1. The first-order chi connectivity index (χ1) is 10.6. The number of hydrogen-bond acceptors (Lipinski definition) is 2. The zero-order valence-corrected chi connectivity index (χ0v) is 13.3. The monoisotopic (exact) mass is 332 g/mol. The summed E-state index contributed by atoms with van der Waals surface area (Å²) in [4.78, 5) is 12.8. The molecule has 0 atom stereocenters. The fourth-order valence-corrected chi connectivity index (χ4v) is 3.04. The van der Waals surface area contributed by atoms with E-state index in [9.17, 15) is 4.79 Å². The van der Waals surface area contributed by atoms with Crippen LogP contribution in [0.4, 0.5) is 0 Å². The molecule has 0 saturated heterocycles. The van der Waals surface area contributed by atoms with Gasteiger partial charge >= 0.3 is 0 Å². The molecule has 1 aliphatic rings. The lowest BCUT2D eigenvalue weighted by Crippen LogP contribution is -2.11. The molecule has 1 heterocycles. The van der Waals surface area contributed by atoms with Gasteiger partial charge in [-0.2, -0.15) is 0 Å². The van der Waals surface area contributed by atoms with Crippen LogP contribution < -0.4 is 4.74 Å². The molecule has 0 aliphatic carbocycles. The second-order valence-corrected chi connectivity index (χ2v) is 6.01. The maximum atomic E-state index is 12.8. The molecule has 0 radical (unpaired) electrons. The van der Waals surface area contributed by atoms with Gasteiger partial charge in [0.1, 0.15) is 5.75 Å². The van der Waals surface area contributed by atoms with Crippen molar-refractivity contribution in [3.8, 4) is 5.75 Å². The third-order valence-electron chi connectivity index (χ3n) is 3.54. The minimum Gasteiger partial charge on any atom is -0.493 e. The van der Waals surface area contributed by atoms with Crippen LogP contribution >= 0.6 is 23.2 Å². The highest BCUT2D eigenvalue weighted by molar-refractivity contribution is 6.35. The van der Waals surface area contributed by atoms with E-state index in [1.807, 2.05) is 30.3 Å². The van der Waals surface area contributed by atoms with Crippen LogP contribution in [0.5, 0.6) is 5.75 Å². The van der Waals surface area contributed by atoms with E-state index in [-0.39, 0.29) is 5.78 Å². The van der Waals surface area contributed by atoms with Gasteiger partial charge in [-0.05, 0) is 29.8 Å². The molecule has 0 amide bonds. The number of carbonyl (C=O) groups excluding carboxylic acids is 1. The van der Waals surface area contributed by atoms with Crippen LogP contribution in [-0.4, -0.2) is 12.4 Å². The van der Waals surface area contributed by atoms with E-state index >= 15 is 0 Å². The van der Waals surface area contributed by atoms with E-state index in [0.717, 1.165) is 16.9 Å². The van der Waals surface area contributed by atoms with Gasteiger partial charge in [-0.1, -0.05) is 47.5 Å². The topological polar surface area (TPSA) is 26.3 Å². The largest absolute Gasteiger partial charge is 0.493 e. The first-order valence-electron chi connectivity index (χ1n) is 7.04. The van der Waals surface area contributed by atoms with Crippen molar-refractivity contribution < 1.29 is 9.53 Å². The summed E-state index contributed by atoms with van der Waals surface area (Å²) in [6, 6.07) is 12.7. The highest BCUT2D eigenvalue weighted by Gasteiger charge is 2.17. The number of halogens is 2. The van der Waals surface area contributed by atoms with E-state index < -0.39 is 0 Å². The van der Waals surface area contributed by atoms with Crippen molar-refractivity contribution in [2.24, 2.45) is 0 Å². The summed E-state index contributed by atoms with van der Waals surface area (Å²) in [5, 5.41) is 0.928. The summed E-state index contributed by atoms with van der Waals surface area (Å²) in [6.45, 7) is 0.560. The van der Waals surface area contributed by atoms with Gasteiger partial charge in [0.25, 0.3) is 0 Å². The van der Waals surface area contributed by atoms with Gasteiger partial charge in [0, 0.05) is 34.0 Å². The van der Waals surface area contributed by atoms with E-state index in [0.29, 0.717) is 35.1 Å². The third-order valence-corrected chi connectivity index (χ3v) is 3.97. The molecule has 0 bridgehead atoms. The highest BCUT2D eigenvalue weighted by atomic mass is 35.5. The second-order valence-electron chi connectivity index (χ2n) is 5.14. The number of para-hydroxylation sites is 1. The molecule has 0 saturated carbocycles. The predicted molar refractivity (Wildman–Crippen MR) is 89.1 cm³/mol. The van der Waals surface area contributed by atoms with Crippen LogP contribution in [0.1, 0.15) is 22.3 Å². The van der Waals surface area contributed by atoms with E-state index in [1.165, 1.54) is 0 Å². The SMILES string of the molecule is O=C(/C1=C\CCOc2ccccc2C1)c1cc(Cl)cc(Cl)c1. The lowest BCUT2D eigenvalue weighted by Gasteiger charge is -2.16. The van der Waals surface area contributed by atoms with Crippen LogP contribution in [0.2, 0.25) is 10.0 Å². The van der Waals surface area contributed by atoms with Crippen LogP contribution in [0, 0.1) is 0 Å². The number of ketones is 1. The van der Waals surface area contributed by atoms with Crippen molar-refractivity contribution in [2.75, 3.05) is 6.61 Å². The van der Waals surface area contributed by atoms with Crippen LogP contribution in [-0.2, 0) is 6.42 Å².